The highest BCUT2D eigenvalue weighted by Gasteiger charge is 2.40. The summed E-state index contributed by atoms with van der Waals surface area (Å²) in [6.07, 6.45) is 6.83. The van der Waals surface area contributed by atoms with Crippen LogP contribution in [0.2, 0.25) is 0 Å². The fraction of sp³-hybridized carbons (Fsp3) is 0.652. The summed E-state index contributed by atoms with van der Waals surface area (Å²) in [5.41, 5.74) is 2.97. The van der Waals surface area contributed by atoms with Crippen LogP contribution < -0.4 is 0 Å². The number of likely N-dealkylation sites (tertiary alicyclic amines) is 2. The first kappa shape index (κ1) is 18.2. The van der Waals surface area contributed by atoms with Gasteiger partial charge in [0.25, 0.3) is 0 Å². The molecule has 5 nitrogen and oxygen atoms in total. The summed E-state index contributed by atoms with van der Waals surface area (Å²) in [5, 5.41) is 0. The Kier molecular flexibility index (Phi) is 4.87. The lowest BCUT2D eigenvalue weighted by Crippen LogP contribution is -2.52. The van der Waals surface area contributed by atoms with Crippen LogP contribution in [0.25, 0.3) is 0 Å². The number of carbonyl (C=O) groups is 2. The van der Waals surface area contributed by atoms with Crippen molar-refractivity contribution in [3.05, 3.63) is 35.4 Å². The molecule has 28 heavy (non-hydrogen) atoms. The molecule has 0 bridgehead atoms. The fourth-order valence-electron chi connectivity index (χ4n) is 5.35. The van der Waals surface area contributed by atoms with Gasteiger partial charge in [0.2, 0.25) is 11.8 Å². The zero-order valence-corrected chi connectivity index (χ0v) is 16.7. The Bertz CT molecular complexity index is 752. The summed E-state index contributed by atoms with van der Waals surface area (Å²) in [6, 6.07) is 9.82. The SMILES string of the molecule is O=C(C1CCC(=O)N(C2CC2)C1)N1CCC(N2CCc3ccccc3C2)CC1. The molecule has 1 unspecified atom stereocenters. The maximum atomic E-state index is 13.1. The van der Waals surface area contributed by atoms with E-state index in [-0.39, 0.29) is 11.8 Å². The molecule has 1 aromatic rings. The second-order valence-electron chi connectivity index (χ2n) is 9.06. The van der Waals surface area contributed by atoms with Crippen molar-refractivity contribution in [2.24, 2.45) is 5.92 Å². The molecule has 150 valence electrons. The molecule has 2 amide bonds. The van der Waals surface area contributed by atoms with Gasteiger partial charge in [0, 0.05) is 51.2 Å². The molecule has 1 saturated carbocycles. The minimum Gasteiger partial charge on any atom is -0.342 e. The first-order valence-corrected chi connectivity index (χ1v) is 11.1. The number of hydrogen-bond donors (Lipinski definition) is 0. The van der Waals surface area contributed by atoms with Crippen LogP contribution in [0.3, 0.4) is 0 Å². The molecule has 0 spiro atoms. The van der Waals surface area contributed by atoms with Crippen molar-refractivity contribution in [1.82, 2.24) is 14.7 Å². The zero-order valence-electron chi connectivity index (χ0n) is 16.7. The molecule has 3 fully saturated rings. The van der Waals surface area contributed by atoms with Crippen LogP contribution in [-0.4, -0.2) is 64.8 Å². The molecule has 0 radical (unpaired) electrons. The molecule has 4 aliphatic rings. The molecule has 3 heterocycles. The van der Waals surface area contributed by atoms with E-state index in [0.29, 0.717) is 31.0 Å². The van der Waals surface area contributed by atoms with E-state index in [1.807, 2.05) is 4.90 Å². The van der Waals surface area contributed by atoms with Gasteiger partial charge in [-0.2, -0.15) is 0 Å². The van der Waals surface area contributed by atoms with Crippen molar-refractivity contribution in [2.45, 2.75) is 63.6 Å². The average molecular weight is 382 g/mol. The number of fused-ring (bicyclic) bond motifs is 1. The molecule has 5 rings (SSSR count). The summed E-state index contributed by atoms with van der Waals surface area (Å²) < 4.78 is 0. The van der Waals surface area contributed by atoms with E-state index in [4.69, 9.17) is 0 Å². The van der Waals surface area contributed by atoms with Crippen LogP contribution in [0.15, 0.2) is 24.3 Å². The van der Waals surface area contributed by atoms with Gasteiger partial charge in [-0.3, -0.25) is 14.5 Å². The van der Waals surface area contributed by atoms with Crippen molar-refractivity contribution in [1.29, 1.82) is 0 Å². The second-order valence-corrected chi connectivity index (χ2v) is 9.06. The van der Waals surface area contributed by atoms with Gasteiger partial charge in [0.05, 0.1) is 5.92 Å². The number of rotatable bonds is 3. The van der Waals surface area contributed by atoms with Crippen molar-refractivity contribution >= 4 is 11.8 Å². The summed E-state index contributed by atoms with van der Waals surface area (Å²) in [4.78, 5) is 31.9. The second kappa shape index (κ2) is 7.51. The smallest absolute Gasteiger partial charge is 0.227 e. The van der Waals surface area contributed by atoms with Crippen molar-refractivity contribution in [3.8, 4) is 0 Å². The number of carbonyl (C=O) groups excluding carboxylic acids is 2. The number of nitrogens with zero attached hydrogens (tertiary/aromatic N) is 3. The fourth-order valence-corrected chi connectivity index (χ4v) is 5.35. The maximum absolute atomic E-state index is 13.1. The quantitative estimate of drug-likeness (QED) is 0.808. The molecule has 3 aliphatic heterocycles. The maximum Gasteiger partial charge on any atom is 0.227 e. The van der Waals surface area contributed by atoms with Gasteiger partial charge < -0.3 is 9.80 Å². The minimum atomic E-state index is 0.0247. The lowest BCUT2D eigenvalue weighted by molar-refractivity contribution is -0.144. The predicted octanol–water partition coefficient (Wildman–Crippen LogP) is 2.44. The van der Waals surface area contributed by atoms with E-state index in [1.54, 1.807) is 0 Å². The van der Waals surface area contributed by atoms with Crippen LogP contribution in [-0.2, 0) is 22.6 Å². The minimum absolute atomic E-state index is 0.0247. The van der Waals surface area contributed by atoms with E-state index in [0.717, 1.165) is 64.7 Å². The summed E-state index contributed by atoms with van der Waals surface area (Å²) in [5.74, 6) is 0.577. The Morgan fingerprint density at radius 3 is 2.36 bits per heavy atom. The number of hydrogen-bond acceptors (Lipinski definition) is 3. The Balaban J connectivity index is 1.15. The van der Waals surface area contributed by atoms with Gasteiger partial charge in [0.1, 0.15) is 0 Å². The van der Waals surface area contributed by atoms with Crippen LogP contribution in [0, 0.1) is 5.92 Å². The van der Waals surface area contributed by atoms with E-state index in [1.165, 1.54) is 11.1 Å². The van der Waals surface area contributed by atoms with Crippen molar-refractivity contribution in [3.63, 3.8) is 0 Å². The highest BCUT2D eigenvalue weighted by Crippen LogP contribution is 2.33. The largest absolute Gasteiger partial charge is 0.342 e. The van der Waals surface area contributed by atoms with Crippen molar-refractivity contribution < 1.29 is 9.59 Å². The van der Waals surface area contributed by atoms with Gasteiger partial charge in [-0.15, -0.1) is 0 Å². The molecule has 0 aromatic heterocycles. The molecule has 1 aliphatic carbocycles. The standard InChI is InChI=1S/C23H31N3O2/c27-22-8-5-19(16-26(22)21-6-7-21)23(28)24-13-10-20(11-14-24)25-12-9-17-3-1-2-4-18(17)15-25/h1-4,19-21H,5-16H2. The Hall–Kier alpha value is -1.88. The lowest BCUT2D eigenvalue weighted by Gasteiger charge is -2.42. The van der Waals surface area contributed by atoms with Gasteiger partial charge in [-0.25, -0.2) is 0 Å². The van der Waals surface area contributed by atoms with Crippen LogP contribution in [0.1, 0.15) is 49.7 Å². The highest BCUT2D eigenvalue weighted by molar-refractivity contribution is 5.84. The first-order chi connectivity index (χ1) is 13.7. The average Bonchev–Trinajstić information content (AvgIpc) is 3.59. The van der Waals surface area contributed by atoms with E-state index < -0.39 is 0 Å². The monoisotopic (exact) mass is 381 g/mol. The number of amides is 2. The third-order valence-corrected chi connectivity index (χ3v) is 7.23. The van der Waals surface area contributed by atoms with Crippen LogP contribution in [0.4, 0.5) is 0 Å². The van der Waals surface area contributed by atoms with E-state index in [9.17, 15) is 9.59 Å². The van der Waals surface area contributed by atoms with E-state index >= 15 is 0 Å². The Labute approximate surface area is 167 Å². The van der Waals surface area contributed by atoms with Crippen molar-refractivity contribution in [2.75, 3.05) is 26.2 Å². The Morgan fingerprint density at radius 1 is 0.857 bits per heavy atom. The lowest BCUT2D eigenvalue weighted by atomic mass is 9.93. The molecule has 5 heteroatoms. The van der Waals surface area contributed by atoms with Gasteiger partial charge >= 0.3 is 0 Å². The normalized spacial score (nSPS) is 27.0. The zero-order chi connectivity index (χ0) is 19.1. The van der Waals surface area contributed by atoms with E-state index in [2.05, 4.69) is 34.1 Å². The predicted molar refractivity (Wildman–Crippen MR) is 108 cm³/mol. The topological polar surface area (TPSA) is 43.9 Å². The third-order valence-electron chi connectivity index (χ3n) is 7.23. The Morgan fingerprint density at radius 2 is 1.61 bits per heavy atom. The first-order valence-electron chi connectivity index (χ1n) is 11.1. The van der Waals surface area contributed by atoms with Crippen LogP contribution >= 0.6 is 0 Å². The molecular formula is C23H31N3O2. The van der Waals surface area contributed by atoms with Crippen LogP contribution in [0.5, 0.6) is 0 Å². The number of benzene rings is 1. The molecule has 2 saturated heterocycles. The van der Waals surface area contributed by atoms with Gasteiger partial charge in [0.15, 0.2) is 0 Å². The number of piperidine rings is 2. The summed E-state index contributed by atoms with van der Waals surface area (Å²) in [7, 11) is 0. The van der Waals surface area contributed by atoms with Gasteiger partial charge in [-0.05, 0) is 49.7 Å². The summed E-state index contributed by atoms with van der Waals surface area (Å²) in [6.45, 7) is 4.59. The molecule has 0 N–H and O–H groups in total. The summed E-state index contributed by atoms with van der Waals surface area (Å²) >= 11 is 0. The highest BCUT2D eigenvalue weighted by atomic mass is 16.2. The van der Waals surface area contributed by atoms with Gasteiger partial charge in [-0.1, -0.05) is 24.3 Å². The molecular weight excluding hydrogens is 350 g/mol. The molecule has 1 aromatic carbocycles. The third kappa shape index (κ3) is 3.57. The molecule has 1 atom stereocenters.